The minimum absolute atomic E-state index is 0. The molecule has 6 aromatic rings. The minimum atomic E-state index is -4.97. The molecule has 4 aromatic heterocycles. The number of aromatic carboxylic acids is 2. The third kappa shape index (κ3) is 12.2. The first-order valence-electron chi connectivity index (χ1n) is 25.4. The van der Waals surface area contributed by atoms with Crippen molar-refractivity contribution in [3.63, 3.8) is 0 Å². The molecule has 468 valence electrons. The maximum absolute atomic E-state index is 15.7. The molecule has 8 heterocycles. The second-order valence-corrected chi connectivity index (χ2v) is 23.6. The zero-order valence-electron chi connectivity index (χ0n) is 47.5. The van der Waals surface area contributed by atoms with Crippen molar-refractivity contribution in [3.05, 3.63) is 116 Å². The Morgan fingerprint density at radius 1 is 0.636 bits per heavy atom. The molecule has 0 saturated heterocycles. The van der Waals surface area contributed by atoms with Crippen LogP contribution >= 0.6 is 15.6 Å². The maximum Gasteiger partial charge on any atom is 0.474 e. The van der Waals surface area contributed by atoms with E-state index in [2.05, 4.69) is 30.6 Å². The molecule has 4 aliphatic rings. The maximum atomic E-state index is 15.7. The fourth-order valence-electron chi connectivity index (χ4n) is 10.1. The van der Waals surface area contributed by atoms with Crippen LogP contribution in [-0.2, 0) is 50.3 Å². The van der Waals surface area contributed by atoms with Gasteiger partial charge in [0.15, 0.2) is 23.3 Å². The highest BCUT2D eigenvalue weighted by atomic mass is 31.2. The number of aromatic nitrogens is 8. The summed E-state index contributed by atoms with van der Waals surface area (Å²) in [4.78, 5) is 99.8. The van der Waals surface area contributed by atoms with Crippen LogP contribution in [0.3, 0.4) is 0 Å². The van der Waals surface area contributed by atoms with Crippen molar-refractivity contribution in [2.24, 2.45) is 14.1 Å². The average Bonchev–Trinajstić information content (AvgIpc) is 1.80. The third-order valence-corrected chi connectivity index (χ3v) is 15.2. The first-order chi connectivity index (χ1) is 40.2. The van der Waals surface area contributed by atoms with Gasteiger partial charge in [0.2, 0.25) is 10.9 Å². The van der Waals surface area contributed by atoms with Gasteiger partial charge >= 0.3 is 27.6 Å². The summed E-state index contributed by atoms with van der Waals surface area (Å²) in [5.41, 5.74) is -0.519. The fraction of sp³-hybridized carbons (Fsp3) is 0.286. The van der Waals surface area contributed by atoms with E-state index < -0.39 is 91.9 Å². The molecule has 0 saturated carbocycles. The summed E-state index contributed by atoms with van der Waals surface area (Å²) in [6.45, 7) is 3.39. The van der Waals surface area contributed by atoms with Crippen molar-refractivity contribution in [2.75, 3.05) is 62.7 Å². The van der Waals surface area contributed by atoms with Crippen molar-refractivity contribution >= 4 is 94.2 Å². The number of fused-ring (bicyclic) bond motifs is 8. The number of nitrogens with zero attached hydrogens (tertiary/aromatic N) is 10. The summed E-state index contributed by atoms with van der Waals surface area (Å²) in [6, 6.07) is 4.78. The summed E-state index contributed by atoms with van der Waals surface area (Å²) in [5, 5.41) is 24.3. The van der Waals surface area contributed by atoms with Gasteiger partial charge in [-0.05, 0) is 32.9 Å². The number of aryl methyl sites for hydroxylation is 2. The first kappa shape index (κ1) is 66.7. The van der Waals surface area contributed by atoms with Gasteiger partial charge in [0, 0.05) is 128 Å². The van der Waals surface area contributed by atoms with E-state index in [9.17, 15) is 62.0 Å². The number of nitrogens with one attached hydrogen (secondary N) is 2. The number of phosphoric ester groups is 2. The van der Waals surface area contributed by atoms with E-state index in [4.69, 9.17) is 13.6 Å². The molecule has 0 spiro atoms. The Morgan fingerprint density at radius 3 is 1.34 bits per heavy atom. The Kier molecular flexibility index (Phi) is 18.5. The van der Waals surface area contributed by atoms with Crippen LogP contribution in [0.1, 0.15) is 56.3 Å². The number of anilines is 4. The summed E-state index contributed by atoms with van der Waals surface area (Å²) < 4.78 is 106. The number of benzene rings is 2. The van der Waals surface area contributed by atoms with Crippen molar-refractivity contribution in [2.45, 2.75) is 54.7 Å². The second kappa shape index (κ2) is 24.4. The molecular weight excluding hydrogens is 1200 g/mol. The Bertz CT molecular complexity index is 4630. The van der Waals surface area contributed by atoms with Gasteiger partial charge in [-0.1, -0.05) is 14.9 Å². The van der Waals surface area contributed by atoms with E-state index in [1.54, 1.807) is 65.8 Å². The molecule has 7 N–H and O–H groups in total. The molecule has 0 bridgehead atoms. The zero-order valence-corrected chi connectivity index (χ0v) is 49.3. The molecule has 1 unspecified atom stereocenters. The summed E-state index contributed by atoms with van der Waals surface area (Å²) in [5.74, 6) is -7.36. The number of hydrogen-bond donors (Lipinski definition) is 7. The number of hydrogen-bond acceptors (Lipinski definition) is 17. The topological polar surface area (TPSA) is 333 Å². The lowest BCUT2D eigenvalue weighted by Gasteiger charge is -2.26. The molecule has 0 radical (unpaired) electrons. The van der Waals surface area contributed by atoms with Crippen LogP contribution in [0.25, 0.3) is 88.9 Å². The Balaban J connectivity index is 0.000000246. The highest BCUT2D eigenvalue weighted by Crippen LogP contribution is 2.52. The van der Waals surface area contributed by atoms with Gasteiger partial charge < -0.3 is 63.6 Å². The highest BCUT2D eigenvalue weighted by molar-refractivity contribution is 7.47. The zero-order chi connectivity index (χ0) is 63.1. The Labute approximate surface area is 498 Å². The molecule has 2 aromatic carbocycles. The van der Waals surface area contributed by atoms with E-state index in [0.717, 1.165) is 18.3 Å². The number of carbonyl (C=O) groups is 2. The number of pyridine rings is 6. The van der Waals surface area contributed by atoms with Gasteiger partial charge in [-0.15, -0.1) is 0 Å². The van der Waals surface area contributed by atoms with Gasteiger partial charge in [-0.25, -0.2) is 56.2 Å². The number of rotatable bonds is 15. The van der Waals surface area contributed by atoms with Crippen molar-refractivity contribution in [1.82, 2.24) is 38.2 Å². The SMILES string of the molecule is C.C.CNc1cc(F)c(F)c2c3c(N(C)C)c(-c4cnc5c(c4)c(=O)c(C(=O)O)cn5C)cn(COP(=O)(O)O)c-3nc12.CNc1cc(F)c(F)c2c3c(N(C)C)c(-c4cnc5c(c4)c(=O)c(C(=O)O)cn5C)cn(COP(=O)(O)OC(C)(C)C)c-3nc12. The van der Waals surface area contributed by atoms with E-state index >= 15 is 8.78 Å². The molecular formula is C56H62F4N12O14P2. The van der Waals surface area contributed by atoms with Gasteiger partial charge in [-0.3, -0.25) is 23.2 Å². The summed E-state index contributed by atoms with van der Waals surface area (Å²) >= 11 is 0. The van der Waals surface area contributed by atoms with Crippen LogP contribution in [0.2, 0.25) is 0 Å². The molecule has 26 nitrogen and oxygen atoms in total. The number of halogens is 4. The molecule has 0 amide bonds. The van der Waals surface area contributed by atoms with Crippen LogP contribution in [-0.4, -0.2) is 123 Å². The predicted molar refractivity (Wildman–Crippen MR) is 325 cm³/mol. The van der Waals surface area contributed by atoms with Crippen LogP contribution in [0.5, 0.6) is 0 Å². The van der Waals surface area contributed by atoms with Gasteiger partial charge in [0.05, 0.1) is 72.1 Å². The Hall–Kier alpha value is -8.86. The van der Waals surface area contributed by atoms with E-state index in [0.29, 0.717) is 22.5 Å². The molecule has 32 heteroatoms. The van der Waals surface area contributed by atoms with E-state index in [1.165, 1.54) is 82.5 Å². The normalized spacial score (nSPS) is 12.5. The van der Waals surface area contributed by atoms with Gasteiger partial charge in [0.25, 0.3) is 0 Å². The van der Waals surface area contributed by atoms with Crippen LogP contribution in [0.15, 0.2) is 71.0 Å². The van der Waals surface area contributed by atoms with Crippen LogP contribution in [0, 0.1) is 23.3 Å². The molecule has 10 rings (SSSR count). The van der Waals surface area contributed by atoms with Crippen LogP contribution in [0.4, 0.5) is 40.3 Å². The molecule has 4 aliphatic heterocycles. The number of phosphoric acid groups is 2. The largest absolute Gasteiger partial charge is 0.477 e. The minimum Gasteiger partial charge on any atom is -0.477 e. The van der Waals surface area contributed by atoms with E-state index in [-0.39, 0.29) is 104 Å². The molecule has 1 atom stereocenters. The summed E-state index contributed by atoms with van der Waals surface area (Å²) in [7, 11) is 3.14. The summed E-state index contributed by atoms with van der Waals surface area (Å²) in [6.07, 6.45) is 8.09. The quantitative estimate of drug-likeness (QED) is 0.0371. The van der Waals surface area contributed by atoms with Crippen LogP contribution < -0.4 is 31.3 Å². The first-order valence-corrected chi connectivity index (χ1v) is 28.4. The van der Waals surface area contributed by atoms with Gasteiger partial charge in [-0.2, -0.15) is 0 Å². The predicted octanol–water partition coefficient (Wildman–Crippen LogP) is 9.51. The fourth-order valence-corrected chi connectivity index (χ4v) is 11.4. The van der Waals surface area contributed by atoms with Crippen molar-refractivity contribution in [1.29, 1.82) is 0 Å². The molecule has 88 heavy (non-hydrogen) atoms. The monoisotopic (exact) mass is 1260 g/mol. The second-order valence-electron chi connectivity index (χ2n) is 21.0. The average molecular weight is 1270 g/mol. The number of carboxylic acids is 2. The standard InChI is InChI=1S/C29H31F2N6O7P.C25H23F2N6O7P.2CH4/c1-29(2,3)44-45(41,42)43-13-37-12-16(14-8-15-25(38)17(28(39)40)11-36(7)26(15)33-10-14)24(35(5)6)21-20-22(31)18(30)9-19(32-4)23(20)34-27(21)37;1-28-16-6-15(26)19(27)17-18-21(31(2)3)13(9-33(10-40-41(37,38)39)24(18)30-20(16)17)11-5-12-22(34)14(25(35)36)8-32(4)23(12)29-7-11;;/h8-12,32H,13H2,1-7H3,(H,39,40)(H,41,42);5-9,28H,10H2,1-4H3,(H,35,36)(H2,37,38,39);2*1H4. The lowest BCUT2D eigenvalue weighted by Crippen LogP contribution is -2.20. The van der Waals surface area contributed by atoms with Crippen molar-refractivity contribution in [3.8, 4) is 45.0 Å². The Morgan fingerprint density at radius 2 is 1.01 bits per heavy atom. The highest BCUT2D eigenvalue weighted by Gasteiger charge is 2.35. The lowest BCUT2D eigenvalue weighted by molar-refractivity contribution is 0.0485. The van der Waals surface area contributed by atoms with Gasteiger partial charge in [0.1, 0.15) is 47.5 Å². The van der Waals surface area contributed by atoms with E-state index in [1.807, 2.05) is 0 Å². The third-order valence-electron chi connectivity index (χ3n) is 13.5. The molecule has 0 fully saturated rings. The molecule has 0 aliphatic carbocycles. The lowest BCUT2D eigenvalue weighted by atomic mass is 9.98. The number of carboxylic acid groups (broad SMARTS) is 2. The van der Waals surface area contributed by atoms with Crippen molar-refractivity contribution < 1.29 is 74.7 Å². The smallest absolute Gasteiger partial charge is 0.474 e.